The van der Waals surface area contributed by atoms with E-state index >= 15 is 0 Å². The molecule has 0 spiro atoms. The Kier molecular flexibility index (Phi) is 6.87. The highest BCUT2D eigenvalue weighted by atomic mass is 32.1. The number of carbonyl (C=O) groups is 1. The first-order chi connectivity index (χ1) is 9.38. The molecule has 1 aliphatic rings. The Balaban J connectivity index is 2.35. The monoisotopic (exact) mass is 301 g/mol. The minimum absolute atomic E-state index is 0.110. The van der Waals surface area contributed by atoms with Gasteiger partial charge in [0.25, 0.3) is 0 Å². The van der Waals surface area contributed by atoms with Crippen molar-refractivity contribution < 1.29 is 14.3 Å². The summed E-state index contributed by atoms with van der Waals surface area (Å²) in [5.74, 6) is 0.121. The average Bonchev–Trinajstić information content (AvgIpc) is 2.67. The van der Waals surface area contributed by atoms with Crippen molar-refractivity contribution in [3.8, 4) is 0 Å². The molecule has 6 nitrogen and oxygen atoms in total. The van der Waals surface area contributed by atoms with Crippen LogP contribution in [0.2, 0.25) is 0 Å². The molecule has 0 bridgehead atoms. The molecule has 3 N–H and O–H groups in total. The largest absolute Gasteiger partial charge is 0.460 e. The van der Waals surface area contributed by atoms with Crippen LogP contribution in [0.3, 0.4) is 0 Å². The molecule has 0 radical (unpaired) electrons. The fourth-order valence-electron chi connectivity index (χ4n) is 1.98. The number of carbonyl (C=O) groups excluding carboxylic acids is 1. The van der Waals surface area contributed by atoms with Crippen molar-refractivity contribution in [3.63, 3.8) is 0 Å². The average molecular weight is 301 g/mol. The lowest BCUT2D eigenvalue weighted by atomic mass is 9.99. The number of cyclic esters (lactones) is 1. The number of nitrogens with one attached hydrogen (secondary N) is 1. The van der Waals surface area contributed by atoms with E-state index in [4.69, 9.17) is 15.2 Å². The van der Waals surface area contributed by atoms with E-state index in [1.807, 2.05) is 6.92 Å². The van der Waals surface area contributed by atoms with Gasteiger partial charge >= 0.3 is 5.97 Å². The summed E-state index contributed by atoms with van der Waals surface area (Å²) in [4.78, 5) is 11.8. The van der Waals surface area contributed by atoms with E-state index in [1.54, 1.807) is 0 Å². The highest BCUT2D eigenvalue weighted by Gasteiger charge is 2.34. The summed E-state index contributed by atoms with van der Waals surface area (Å²) >= 11 is 4.66. The van der Waals surface area contributed by atoms with Crippen molar-refractivity contribution in [1.29, 1.82) is 0 Å². The number of thiocarbonyl (C=S) groups is 1. The first-order valence-electron chi connectivity index (χ1n) is 6.75. The first kappa shape index (κ1) is 16.8. The van der Waals surface area contributed by atoms with Gasteiger partial charge in [-0.3, -0.25) is 10.2 Å². The smallest absolute Gasteiger partial charge is 0.309 e. The number of nitrogens with two attached hydrogens (primary N) is 1. The Morgan fingerprint density at radius 2 is 2.35 bits per heavy atom. The summed E-state index contributed by atoms with van der Waals surface area (Å²) in [5.41, 5.74) is 8.56. The van der Waals surface area contributed by atoms with Gasteiger partial charge in [0.2, 0.25) is 0 Å². The van der Waals surface area contributed by atoms with Crippen LogP contribution in [0.25, 0.3) is 0 Å². The van der Waals surface area contributed by atoms with Gasteiger partial charge in [-0.1, -0.05) is 13.8 Å². The summed E-state index contributed by atoms with van der Waals surface area (Å²) in [6, 6.07) is 0. The number of esters is 1. The van der Waals surface area contributed by atoms with E-state index in [0.29, 0.717) is 32.0 Å². The van der Waals surface area contributed by atoms with Crippen LogP contribution < -0.4 is 11.2 Å². The van der Waals surface area contributed by atoms with Crippen LogP contribution in [0.1, 0.15) is 33.6 Å². The van der Waals surface area contributed by atoms with Gasteiger partial charge in [0.05, 0.1) is 12.5 Å². The third-order valence-electron chi connectivity index (χ3n) is 2.82. The molecule has 0 aromatic carbocycles. The minimum atomic E-state index is -0.187. The Morgan fingerprint density at radius 3 is 2.95 bits per heavy atom. The van der Waals surface area contributed by atoms with E-state index in [2.05, 4.69) is 36.6 Å². The van der Waals surface area contributed by atoms with Gasteiger partial charge in [-0.05, 0) is 25.1 Å². The van der Waals surface area contributed by atoms with Crippen molar-refractivity contribution in [2.24, 2.45) is 22.7 Å². The fourth-order valence-corrected chi connectivity index (χ4v) is 2.02. The third kappa shape index (κ3) is 6.29. The first-order valence-corrected chi connectivity index (χ1v) is 7.16. The Bertz CT molecular complexity index is 385. The molecule has 0 aromatic rings. The predicted octanol–water partition coefficient (Wildman–Crippen LogP) is 1.19. The summed E-state index contributed by atoms with van der Waals surface area (Å²) < 4.78 is 10.8. The SMILES string of the molecule is C/C(C[C@H]1C[C@@H](COCC(C)C)OC1=O)=N/NC(N)=S. The van der Waals surface area contributed by atoms with E-state index in [9.17, 15) is 4.79 Å². The summed E-state index contributed by atoms with van der Waals surface area (Å²) in [6.07, 6.45) is 1.05. The molecule has 1 aliphatic heterocycles. The standard InChI is InChI=1S/C13H23N3O3S/c1-8(2)6-18-7-11-5-10(12(17)19-11)4-9(3)15-16-13(14)20/h8,10-11H,4-7H2,1-3H3,(H3,14,16,20)/b15-9-/t10-,11-/m0/s1. The van der Waals surface area contributed by atoms with Gasteiger partial charge in [0, 0.05) is 25.2 Å². The molecule has 1 rings (SSSR count). The number of hydrogen-bond donors (Lipinski definition) is 2. The number of ether oxygens (including phenoxy) is 2. The molecule has 1 heterocycles. The lowest BCUT2D eigenvalue weighted by Gasteiger charge is -2.11. The van der Waals surface area contributed by atoms with Gasteiger partial charge in [0.1, 0.15) is 6.10 Å². The van der Waals surface area contributed by atoms with Crippen LogP contribution in [0.4, 0.5) is 0 Å². The van der Waals surface area contributed by atoms with E-state index in [1.165, 1.54) is 0 Å². The number of nitrogens with zero attached hydrogens (tertiary/aromatic N) is 1. The lowest BCUT2D eigenvalue weighted by Crippen LogP contribution is -2.25. The molecular weight excluding hydrogens is 278 g/mol. The quantitative estimate of drug-likeness (QED) is 0.318. The molecule has 1 fully saturated rings. The second-order valence-corrected chi connectivity index (χ2v) is 5.89. The Morgan fingerprint density at radius 1 is 1.65 bits per heavy atom. The van der Waals surface area contributed by atoms with Gasteiger partial charge < -0.3 is 15.2 Å². The molecule has 0 unspecified atom stereocenters. The summed E-state index contributed by atoms with van der Waals surface area (Å²) in [7, 11) is 0. The fraction of sp³-hybridized carbons (Fsp3) is 0.769. The maximum Gasteiger partial charge on any atom is 0.309 e. The molecule has 0 aromatic heterocycles. The maximum atomic E-state index is 11.8. The van der Waals surface area contributed by atoms with Crippen LogP contribution in [0.5, 0.6) is 0 Å². The molecule has 7 heteroatoms. The second-order valence-electron chi connectivity index (χ2n) is 5.45. The lowest BCUT2D eigenvalue weighted by molar-refractivity contribution is -0.146. The summed E-state index contributed by atoms with van der Waals surface area (Å²) in [5, 5.41) is 4.10. The normalized spacial score (nSPS) is 23.0. The molecule has 1 saturated heterocycles. The zero-order valence-electron chi connectivity index (χ0n) is 12.2. The molecule has 0 aliphatic carbocycles. The third-order valence-corrected chi connectivity index (χ3v) is 2.91. The molecule has 20 heavy (non-hydrogen) atoms. The van der Waals surface area contributed by atoms with Crippen molar-refractivity contribution in [3.05, 3.63) is 0 Å². The number of rotatable bonds is 7. The second kappa shape index (κ2) is 8.16. The zero-order chi connectivity index (χ0) is 15.1. The van der Waals surface area contributed by atoms with E-state index in [0.717, 1.165) is 5.71 Å². The number of hydrazone groups is 1. The molecule has 0 amide bonds. The maximum absolute atomic E-state index is 11.8. The Labute approximate surface area is 125 Å². The van der Waals surface area contributed by atoms with Gasteiger partial charge in [-0.25, -0.2) is 0 Å². The predicted molar refractivity (Wildman–Crippen MR) is 81.3 cm³/mol. The highest BCUT2D eigenvalue weighted by molar-refractivity contribution is 7.80. The molecule has 114 valence electrons. The molecule has 2 atom stereocenters. The zero-order valence-corrected chi connectivity index (χ0v) is 13.0. The van der Waals surface area contributed by atoms with Crippen LogP contribution in [0.15, 0.2) is 5.10 Å². The van der Waals surface area contributed by atoms with Crippen molar-refractivity contribution >= 4 is 29.0 Å². The topological polar surface area (TPSA) is 85.9 Å². The van der Waals surface area contributed by atoms with E-state index < -0.39 is 0 Å². The minimum Gasteiger partial charge on any atom is -0.460 e. The Hall–Kier alpha value is -1.21. The van der Waals surface area contributed by atoms with Crippen molar-refractivity contribution in [2.75, 3.05) is 13.2 Å². The molecule has 0 saturated carbocycles. The van der Waals surface area contributed by atoms with Gasteiger partial charge in [-0.2, -0.15) is 5.10 Å². The number of hydrogen-bond acceptors (Lipinski definition) is 5. The van der Waals surface area contributed by atoms with Crippen LogP contribution in [0, 0.1) is 11.8 Å². The van der Waals surface area contributed by atoms with Crippen molar-refractivity contribution in [1.82, 2.24) is 5.43 Å². The van der Waals surface area contributed by atoms with Gasteiger partial charge in [0.15, 0.2) is 5.11 Å². The summed E-state index contributed by atoms with van der Waals surface area (Å²) in [6.45, 7) is 7.12. The van der Waals surface area contributed by atoms with Gasteiger partial charge in [-0.15, -0.1) is 0 Å². The van der Waals surface area contributed by atoms with Crippen LogP contribution in [-0.4, -0.2) is 36.1 Å². The highest BCUT2D eigenvalue weighted by Crippen LogP contribution is 2.24. The van der Waals surface area contributed by atoms with Crippen LogP contribution in [-0.2, 0) is 14.3 Å². The van der Waals surface area contributed by atoms with E-state index in [-0.39, 0.29) is 23.1 Å². The molecular formula is C13H23N3O3S. The van der Waals surface area contributed by atoms with Crippen molar-refractivity contribution in [2.45, 2.75) is 39.7 Å². The van der Waals surface area contributed by atoms with Crippen LogP contribution >= 0.6 is 12.2 Å².